The topological polar surface area (TPSA) is 71.1 Å². The van der Waals surface area contributed by atoms with E-state index in [2.05, 4.69) is 34.1 Å². The van der Waals surface area contributed by atoms with Gasteiger partial charge in [-0.2, -0.15) is 0 Å². The molecule has 1 aromatic carbocycles. The maximum atomic E-state index is 11.4. The minimum absolute atomic E-state index is 0.0275. The van der Waals surface area contributed by atoms with E-state index in [4.69, 9.17) is 0 Å². The van der Waals surface area contributed by atoms with E-state index in [1.807, 2.05) is 18.2 Å². The first-order valence-electron chi connectivity index (χ1n) is 6.78. The highest BCUT2D eigenvalue weighted by Crippen LogP contribution is 2.19. The molecule has 2 aromatic rings. The zero-order valence-electron chi connectivity index (χ0n) is 12.1. The first-order valence-corrected chi connectivity index (χ1v) is 8.43. The summed E-state index contributed by atoms with van der Waals surface area (Å²) in [5, 5.41) is 3.32. The Morgan fingerprint density at radius 1 is 1.14 bits per heavy atom. The molecular weight excluding hydrogens is 286 g/mol. The van der Waals surface area contributed by atoms with Crippen molar-refractivity contribution in [2.75, 3.05) is 15.8 Å². The fourth-order valence-corrected chi connectivity index (χ4v) is 2.43. The Bertz CT molecular complexity index is 670. The van der Waals surface area contributed by atoms with Gasteiger partial charge in [0.15, 0.2) is 0 Å². The van der Waals surface area contributed by atoms with Crippen LogP contribution < -0.4 is 10.0 Å². The number of aromatic nitrogens is 1. The smallest absolute Gasteiger partial charge is 0.233 e. The molecule has 6 heteroatoms. The Balaban J connectivity index is 2.03. The van der Waals surface area contributed by atoms with Gasteiger partial charge in [0.25, 0.3) is 0 Å². The number of sulfonamides is 1. The summed E-state index contributed by atoms with van der Waals surface area (Å²) in [5.74, 6) is 0.356. The number of anilines is 2. The molecule has 1 heterocycles. The molecule has 21 heavy (non-hydrogen) atoms. The number of rotatable bonds is 6. The fourth-order valence-electron chi connectivity index (χ4n) is 1.85. The summed E-state index contributed by atoms with van der Waals surface area (Å²) in [4.78, 5) is 4.11. The predicted molar refractivity (Wildman–Crippen MR) is 85.8 cm³/mol. The van der Waals surface area contributed by atoms with Gasteiger partial charge in [0.2, 0.25) is 10.0 Å². The number of nitrogens with one attached hydrogen (secondary N) is 2. The van der Waals surface area contributed by atoms with E-state index in [0.717, 1.165) is 5.69 Å². The van der Waals surface area contributed by atoms with Crippen molar-refractivity contribution in [3.05, 3.63) is 54.2 Å². The molecule has 0 aliphatic carbocycles. The molecule has 2 N–H and O–H groups in total. The van der Waals surface area contributed by atoms with Gasteiger partial charge in [-0.25, -0.2) is 13.4 Å². The minimum Gasteiger partial charge on any atom is -0.377 e. The van der Waals surface area contributed by atoms with Crippen LogP contribution in [0.25, 0.3) is 0 Å². The largest absolute Gasteiger partial charge is 0.377 e. The van der Waals surface area contributed by atoms with E-state index in [1.165, 1.54) is 5.56 Å². The van der Waals surface area contributed by atoms with E-state index in [9.17, 15) is 8.42 Å². The summed E-state index contributed by atoms with van der Waals surface area (Å²) < 4.78 is 25.3. The lowest BCUT2D eigenvalue weighted by Crippen LogP contribution is -2.15. The molecule has 0 fully saturated rings. The molecule has 1 atom stereocenters. The molecule has 0 bridgehead atoms. The molecular formula is C15H19N3O2S. The molecule has 0 radical (unpaired) electrons. The summed E-state index contributed by atoms with van der Waals surface area (Å²) in [5.41, 5.74) is 2.01. The van der Waals surface area contributed by atoms with Crippen LogP contribution >= 0.6 is 0 Å². The molecule has 112 valence electrons. The van der Waals surface area contributed by atoms with Crippen molar-refractivity contribution in [3.8, 4) is 0 Å². The number of pyridine rings is 1. The molecule has 0 amide bonds. The Labute approximate surface area is 125 Å². The molecule has 1 aromatic heterocycles. The standard InChI is InChI=1S/C15H19N3O2S/c1-3-21(19,20)18-15-10-9-14(11-16-15)17-12(2)13-7-5-4-6-8-13/h4-12,17H,3H2,1-2H3,(H,16,18). The summed E-state index contributed by atoms with van der Waals surface area (Å²) in [6.07, 6.45) is 1.62. The second-order valence-electron chi connectivity index (χ2n) is 4.71. The SMILES string of the molecule is CCS(=O)(=O)Nc1ccc(NC(C)c2ccccc2)cn1. The van der Waals surface area contributed by atoms with Crippen molar-refractivity contribution >= 4 is 21.5 Å². The highest BCUT2D eigenvalue weighted by molar-refractivity contribution is 7.92. The van der Waals surface area contributed by atoms with Crippen LogP contribution in [0.4, 0.5) is 11.5 Å². The van der Waals surface area contributed by atoms with Gasteiger partial charge in [-0.1, -0.05) is 30.3 Å². The van der Waals surface area contributed by atoms with Crippen molar-refractivity contribution < 1.29 is 8.42 Å². The molecule has 2 rings (SSSR count). The van der Waals surface area contributed by atoms with Crippen LogP contribution in [0, 0.1) is 0 Å². The molecule has 5 nitrogen and oxygen atoms in total. The lowest BCUT2D eigenvalue weighted by Gasteiger charge is -2.15. The maximum absolute atomic E-state index is 11.4. The van der Waals surface area contributed by atoms with Crippen LogP contribution in [0.5, 0.6) is 0 Å². The van der Waals surface area contributed by atoms with E-state index in [0.29, 0.717) is 5.82 Å². The normalized spacial score (nSPS) is 12.7. The van der Waals surface area contributed by atoms with E-state index in [-0.39, 0.29) is 11.8 Å². The molecule has 0 aliphatic heterocycles. The lowest BCUT2D eigenvalue weighted by atomic mass is 10.1. The number of hydrogen-bond acceptors (Lipinski definition) is 4. The van der Waals surface area contributed by atoms with Crippen molar-refractivity contribution in [2.45, 2.75) is 19.9 Å². The quantitative estimate of drug-likeness (QED) is 0.860. The van der Waals surface area contributed by atoms with Crippen molar-refractivity contribution in [1.29, 1.82) is 0 Å². The van der Waals surface area contributed by atoms with Crippen LogP contribution in [0.15, 0.2) is 48.7 Å². The maximum Gasteiger partial charge on any atom is 0.233 e. The van der Waals surface area contributed by atoms with Crippen molar-refractivity contribution in [1.82, 2.24) is 4.98 Å². The van der Waals surface area contributed by atoms with Gasteiger partial charge in [-0.05, 0) is 31.5 Å². The first-order chi connectivity index (χ1) is 10.00. The third kappa shape index (κ3) is 4.46. The third-order valence-electron chi connectivity index (χ3n) is 3.09. The summed E-state index contributed by atoms with van der Waals surface area (Å²) in [6, 6.07) is 13.7. The first kappa shape index (κ1) is 15.3. The summed E-state index contributed by atoms with van der Waals surface area (Å²) in [6.45, 7) is 3.64. The number of nitrogens with zero attached hydrogens (tertiary/aromatic N) is 1. The average molecular weight is 305 g/mol. The number of benzene rings is 1. The monoisotopic (exact) mass is 305 g/mol. The van der Waals surface area contributed by atoms with E-state index < -0.39 is 10.0 Å². The fraction of sp³-hybridized carbons (Fsp3) is 0.267. The zero-order chi connectivity index (χ0) is 15.3. The molecule has 0 saturated heterocycles. The Morgan fingerprint density at radius 3 is 2.43 bits per heavy atom. The van der Waals surface area contributed by atoms with Crippen LogP contribution in [-0.4, -0.2) is 19.2 Å². The van der Waals surface area contributed by atoms with E-state index in [1.54, 1.807) is 25.3 Å². The molecule has 0 aliphatic rings. The molecule has 0 spiro atoms. The number of hydrogen-bond donors (Lipinski definition) is 2. The molecule has 0 saturated carbocycles. The highest BCUT2D eigenvalue weighted by Gasteiger charge is 2.08. The van der Waals surface area contributed by atoms with Crippen molar-refractivity contribution in [2.24, 2.45) is 0 Å². The van der Waals surface area contributed by atoms with Gasteiger partial charge in [0.1, 0.15) is 5.82 Å². The van der Waals surface area contributed by atoms with E-state index >= 15 is 0 Å². The van der Waals surface area contributed by atoms with Gasteiger partial charge < -0.3 is 5.32 Å². The second-order valence-corrected chi connectivity index (χ2v) is 6.73. The zero-order valence-corrected chi connectivity index (χ0v) is 12.9. The highest BCUT2D eigenvalue weighted by atomic mass is 32.2. The average Bonchev–Trinajstić information content (AvgIpc) is 2.50. The van der Waals surface area contributed by atoms with Gasteiger partial charge in [0.05, 0.1) is 17.6 Å². The van der Waals surface area contributed by atoms with Gasteiger partial charge >= 0.3 is 0 Å². The van der Waals surface area contributed by atoms with Crippen LogP contribution in [-0.2, 0) is 10.0 Å². The summed E-state index contributed by atoms with van der Waals surface area (Å²) in [7, 11) is -3.28. The van der Waals surface area contributed by atoms with Crippen LogP contribution in [0.2, 0.25) is 0 Å². The van der Waals surface area contributed by atoms with Crippen LogP contribution in [0.1, 0.15) is 25.5 Å². The Kier molecular flexibility index (Phi) is 4.80. The minimum atomic E-state index is -3.28. The Morgan fingerprint density at radius 2 is 1.86 bits per heavy atom. The van der Waals surface area contributed by atoms with Gasteiger partial charge in [0, 0.05) is 6.04 Å². The predicted octanol–water partition coefficient (Wildman–Crippen LogP) is 3.02. The van der Waals surface area contributed by atoms with Gasteiger partial charge in [-0.15, -0.1) is 0 Å². The Hall–Kier alpha value is -2.08. The summed E-state index contributed by atoms with van der Waals surface area (Å²) >= 11 is 0. The van der Waals surface area contributed by atoms with Crippen LogP contribution in [0.3, 0.4) is 0 Å². The molecule has 1 unspecified atom stereocenters. The van der Waals surface area contributed by atoms with Crippen molar-refractivity contribution in [3.63, 3.8) is 0 Å². The van der Waals surface area contributed by atoms with Gasteiger partial charge in [-0.3, -0.25) is 4.72 Å². The third-order valence-corrected chi connectivity index (χ3v) is 4.37. The lowest BCUT2D eigenvalue weighted by molar-refractivity contribution is 0.602. The second kappa shape index (κ2) is 6.58.